The van der Waals surface area contributed by atoms with Gasteiger partial charge in [-0.25, -0.2) is 0 Å². The van der Waals surface area contributed by atoms with Crippen molar-refractivity contribution in [3.63, 3.8) is 0 Å². The minimum atomic E-state index is 0.00114. The maximum Gasteiger partial charge on any atom is 0.289 e. The van der Waals surface area contributed by atoms with Gasteiger partial charge >= 0.3 is 0 Å². The third-order valence-corrected chi connectivity index (χ3v) is 4.28. The van der Waals surface area contributed by atoms with E-state index in [-0.39, 0.29) is 12.0 Å². The minimum absolute atomic E-state index is 0.00114. The Morgan fingerprint density at radius 2 is 2.24 bits per heavy atom. The highest BCUT2D eigenvalue weighted by Gasteiger charge is 2.31. The number of rotatable bonds is 5. The van der Waals surface area contributed by atoms with Crippen LogP contribution in [0.2, 0.25) is 0 Å². The summed E-state index contributed by atoms with van der Waals surface area (Å²) in [5, 5.41) is 0. The van der Waals surface area contributed by atoms with Crippen LogP contribution in [0.1, 0.15) is 29.0 Å². The lowest BCUT2D eigenvalue weighted by Gasteiger charge is -2.33. The van der Waals surface area contributed by atoms with Crippen molar-refractivity contribution in [1.29, 1.82) is 0 Å². The standard InChI is InChI=1S/C16H24N2O3/c1-12-5-7-21-15(12)16(19)18(9-13-3-4-13)11-14-10-17(2)6-8-20-14/h5,7,13-14H,3-4,6,8-11H2,1-2H3/t14-/m0/s1. The van der Waals surface area contributed by atoms with E-state index in [9.17, 15) is 4.79 Å². The monoisotopic (exact) mass is 292 g/mol. The number of hydrogen-bond acceptors (Lipinski definition) is 4. The van der Waals surface area contributed by atoms with Gasteiger partial charge in [-0.05, 0) is 38.8 Å². The number of likely N-dealkylation sites (N-methyl/N-ethyl adjacent to an activating group) is 1. The van der Waals surface area contributed by atoms with Gasteiger partial charge in [0.1, 0.15) is 0 Å². The van der Waals surface area contributed by atoms with Gasteiger partial charge < -0.3 is 19.0 Å². The Labute approximate surface area is 125 Å². The highest BCUT2D eigenvalue weighted by atomic mass is 16.5. The molecule has 1 aliphatic heterocycles. The smallest absolute Gasteiger partial charge is 0.289 e. The fourth-order valence-corrected chi connectivity index (χ4v) is 2.81. The average Bonchev–Trinajstić information content (AvgIpc) is 3.17. The second-order valence-electron chi connectivity index (χ2n) is 6.34. The molecule has 5 heteroatoms. The SMILES string of the molecule is Cc1ccoc1C(=O)N(CC1CC1)C[C@@H]1CN(C)CCO1. The molecule has 0 N–H and O–H groups in total. The quantitative estimate of drug-likeness (QED) is 0.830. The van der Waals surface area contributed by atoms with Gasteiger partial charge in [0.15, 0.2) is 5.76 Å². The number of hydrogen-bond donors (Lipinski definition) is 0. The van der Waals surface area contributed by atoms with Gasteiger partial charge in [-0.3, -0.25) is 4.79 Å². The Kier molecular flexibility index (Phi) is 4.31. The lowest BCUT2D eigenvalue weighted by Crippen LogP contribution is -2.48. The minimum Gasteiger partial charge on any atom is -0.459 e. The molecule has 2 heterocycles. The van der Waals surface area contributed by atoms with E-state index in [0.717, 1.165) is 31.8 Å². The summed E-state index contributed by atoms with van der Waals surface area (Å²) in [6.07, 6.45) is 4.14. The summed E-state index contributed by atoms with van der Waals surface area (Å²) in [5.74, 6) is 1.13. The van der Waals surface area contributed by atoms with Crippen LogP contribution >= 0.6 is 0 Å². The zero-order valence-electron chi connectivity index (χ0n) is 12.9. The molecule has 1 saturated heterocycles. The molecule has 5 nitrogen and oxygen atoms in total. The second-order valence-corrected chi connectivity index (χ2v) is 6.34. The van der Waals surface area contributed by atoms with Crippen LogP contribution in [0.4, 0.5) is 0 Å². The predicted molar refractivity (Wildman–Crippen MR) is 79.3 cm³/mol. The number of aryl methyl sites for hydroxylation is 1. The second kappa shape index (κ2) is 6.20. The first kappa shape index (κ1) is 14.6. The first-order valence-corrected chi connectivity index (χ1v) is 7.77. The molecular weight excluding hydrogens is 268 g/mol. The summed E-state index contributed by atoms with van der Waals surface area (Å²) >= 11 is 0. The summed E-state index contributed by atoms with van der Waals surface area (Å²) in [7, 11) is 2.10. The van der Waals surface area contributed by atoms with Crippen molar-refractivity contribution in [2.24, 2.45) is 5.92 Å². The molecule has 2 aliphatic rings. The number of nitrogens with zero attached hydrogens (tertiary/aromatic N) is 2. The molecule has 21 heavy (non-hydrogen) atoms. The third-order valence-electron chi connectivity index (χ3n) is 4.28. The molecule has 0 bridgehead atoms. The topological polar surface area (TPSA) is 45.9 Å². The van der Waals surface area contributed by atoms with Crippen molar-refractivity contribution in [3.05, 3.63) is 23.7 Å². The molecule has 0 unspecified atom stereocenters. The summed E-state index contributed by atoms with van der Waals surface area (Å²) in [5.41, 5.74) is 0.905. The van der Waals surface area contributed by atoms with E-state index in [1.165, 1.54) is 12.8 Å². The van der Waals surface area contributed by atoms with Gasteiger partial charge in [-0.1, -0.05) is 0 Å². The first-order valence-electron chi connectivity index (χ1n) is 7.77. The molecule has 1 aliphatic carbocycles. The molecule has 0 spiro atoms. The Bertz CT molecular complexity index is 495. The fraction of sp³-hybridized carbons (Fsp3) is 0.688. The number of morpholine rings is 1. The van der Waals surface area contributed by atoms with Crippen LogP contribution in [0.5, 0.6) is 0 Å². The van der Waals surface area contributed by atoms with E-state index in [0.29, 0.717) is 18.2 Å². The summed E-state index contributed by atoms with van der Waals surface area (Å²) < 4.78 is 11.2. The largest absolute Gasteiger partial charge is 0.459 e. The molecule has 1 aromatic rings. The van der Waals surface area contributed by atoms with Gasteiger partial charge in [-0.2, -0.15) is 0 Å². The number of furan rings is 1. The van der Waals surface area contributed by atoms with Crippen molar-refractivity contribution < 1.29 is 13.9 Å². The summed E-state index contributed by atoms with van der Waals surface area (Å²) in [4.78, 5) is 16.9. The van der Waals surface area contributed by atoms with Crippen LogP contribution in [0.15, 0.2) is 16.7 Å². The first-order chi connectivity index (χ1) is 10.1. The van der Waals surface area contributed by atoms with Gasteiger partial charge in [0.2, 0.25) is 0 Å². The van der Waals surface area contributed by atoms with E-state index in [2.05, 4.69) is 11.9 Å². The van der Waals surface area contributed by atoms with Crippen molar-refractivity contribution in [2.75, 3.05) is 39.8 Å². The van der Waals surface area contributed by atoms with E-state index in [1.54, 1.807) is 6.26 Å². The number of carbonyl (C=O) groups is 1. The highest BCUT2D eigenvalue weighted by Crippen LogP contribution is 2.30. The lowest BCUT2D eigenvalue weighted by molar-refractivity contribution is -0.0334. The van der Waals surface area contributed by atoms with Gasteiger partial charge in [-0.15, -0.1) is 0 Å². The van der Waals surface area contributed by atoms with E-state index in [4.69, 9.17) is 9.15 Å². The molecule has 3 rings (SSSR count). The van der Waals surface area contributed by atoms with Crippen molar-refractivity contribution in [1.82, 2.24) is 9.80 Å². The number of carbonyl (C=O) groups excluding carboxylic acids is 1. The fourth-order valence-electron chi connectivity index (χ4n) is 2.81. The molecule has 2 fully saturated rings. The average molecular weight is 292 g/mol. The molecule has 0 radical (unpaired) electrons. The summed E-state index contributed by atoms with van der Waals surface area (Å²) in [6.45, 7) is 5.97. The van der Waals surface area contributed by atoms with Crippen molar-refractivity contribution in [3.8, 4) is 0 Å². The predicted octanol–water partition coefficient (Wildman–Crippen LogP) is 1.77. The zero-order valence-corrected chi connectivity index (χ0v) is 12.9. The van der Waals surface area contributed by atoms with E-state index < -0.39 is 0 Å². The third kappa shape index (κ3) is 3.66. The molecule has 0 aromatic carbocycles. The molecule has 1 amide bonds. The molecular formula is C16H24N2O3. The zero-order chi connectivity index (χ0) is 14.8. The Balaban J connectivity index is 1.68. The van der Waals surface area contributed by atoms with Crippen LogP contribution in [0.3, 0.4) is 0 Å². The molecule has 116 valence electrons. The van der Waals surface area contributed by atoms with Crippen LogP contribution < -0.4 is 0 Å². The van der Waals surface area contributed by atoms with Gasteiger partial charge in [0.05, 0.1) is 19.0 Å². The van der Waals surface area contributed by atoms with Crippen LogP contribution in [-0.2, 0) is 4.74 Å². The Morgan fingerprint density at radius 1 is 1.43 bits per heavy atom. The van der Waals surface area contributed by atoms with Gasteiger partial charge in [0.25, 0.3) is 5.91 Å². The van der Waals surface area contributed by atoms with Crippen molar-refractivity contribution in [2.45, 2.75) is 25.9 Å². The highest BCUT2D eigenvalue weighted by molar-refractivity contribution is 5.92. The van der Waals surface area contributed by atoms with Crippen LogP contribution in [0.25, 0.3) is 0 Å². The lowest BCUT2D eigenvalue weighted by atomic mass is 10.2. The van der Waals surface area contributed by atoms with Crippen LogP contribution in [0, 0.1) is 12.8 Å². The maximum absolute atomic E-state index is 12.7. The number of ether oxygens (including phenoxy) is 1. The number of amides is 1. The molecule has 1 saturated carbocycles. The van der Waals surface area contributed by atoms with Gasteiger partial charge in [0, 0.05) is 31.7 Å². The molecule has 1 atom stereocenters. The Morgan fingerprint density at radius 3 is 2.86 bits per heavy atom. The van der Waals surface area contributed by atoms with Crippen molar-refractivity contribution >= 4 is 5.91 Å². The normalized spacial score (nSPS) is 23.2. The van der Waals surface area contributed by atoms with E-state index >= 15 is 0 Å². The van der Waals surface area contributed by atoms with Crippen LogP contribution in [-0.4, -0.2) is 61.6 Å². The summed E-state index contributed by atoms with van der Waals surface area (Å²) in [6, 6.07) is 1.84. The molecule has 1 aromatic heterocycles. The maximum atomic E-state index is 12.7. The van der Waals surface area contributed by atoms with E-state index in [1.807, 2.05) is 17.9 Å². The Hall–Kier alpha value is -1.33.